The van der Waals surface area contributed by atoms with Gasteiger partial charge in [0.2, 0.25) is 10.0 Å². The van der Waals surface area contributed by atoms with E-state index in [2.05, 4.69) is 23.5 Å². The number of nitrogens with one attached hydrogen (secondary N) is 1. The van der Waals surface area contributed by atoms with E-state index in [4.69, 9.17) is 4.74 Å². The van der Waals surface area contributed by atoms with E-state index in [0.29, 0.717) is 18.9 Å². The van der Waals surface area contributed by atoms with Crippen LogP contribution >= 0.6 is 0 Å². The van der Waals surface area contributed by atoms with Crippen molar-refractivity contribution in [1.82, 2.24) is 9.62 Å². The van der Waals surface area contributed by atoms with Crippen LogP contribution in [-0.2, 0) is 14.8 Å². The Bertz CT molecular complexity index is 349. The summed E-state index contributed by atoms with van der Waals surface area (Å²) in [4.78, 5) is 2.38. The lowest BCUT2D eigenvalue weighted by atomic mass is 9.92. The smallest absolute Gasteiger partial charge is 0.211 e. The molecule has 1 aliphatic heterocycles. The lowest BCUT2D eigenvalue weighted by Gasteiger charge is -2.38. The molecule has 0 aliphatic carbocycles. The van der Waals surface area contributed by atoms with Crippen LogP contribution in [-0.4, -0.2) is 58.0 Å². The molecule has 6 heteroatoms. The topological polar surface area (TPSA) is 58.6 Å². The fourth-order valence-electron chi connectivity index (χ4n) is 2.89. The quantitative estimate of drug-likeness (QED) is 0.700. The first-order valence-electron chi connectivity index (χ1n) is 7.83. The molecule has 1 aliphatic rings. The fraction of sp³-hybridized carbons (Fsp3) is 1.00. The maximum Gasteiger partial charge on any atom is 0.211 e. The molecule has 0 amide bonds. The molecule has 1 atom stereocenters. The number of nitrogens with zero attached hydrogens (tertiary/aromatic N) is 1. The van der Waals surface area contributed by atoms with Gasteiger partial charge in [0.25, 0.3) is 0 Å². The van der Waals surface area contributed by atoms with Gasteiger partial charge >= 0.3 is 0 Å². The number of rotatable bonds is 9. The van der Waals surface area contributed by atoms with Crippen LogP contribution in [0.1, 0.15) is 40.0 Å². The van der Waals surface area contributed by atoms with E-state index in [1.165, 1.54) is 0 Å². The van der Waals surface area contributed by atoms with Crippen LogP contribution in [0.2, 0.25) is 0 Å². The highest BCUT2D eigenvalue weighted by atomic mass is 32.2. The van der Waals surface area contributed by atoms with Crippen LogP contribution in [0.15, 0.2) is 0 Å². The predicted octanol–water partition coefficient (Wildman–Crippen LogP) is 1.45. The van der Waals surface area contributed by atoms with Gasteiger partial charge in [0.05, 0.1) is 19.0 Å². The van der Waals surface area contributed by atoms with Gasteiger partial charge in [0.1, 0.15) is 0 Å². The molecule has 120 valence electrons. The molecule has 0 aromatic carbocycles. The summed E-state index contributed by atoms with van der Waals surface area (Å²) in [5.41, 5.74) is 0. The maximum absolute atomic E-state index is 11.9. The van der Waals surface area contributed by atoms with E-state index in [1.54, 1.807) is 0 Å². The predicted molar refractivity (Wildman–Crippen MR) is 82.3 cm³/mol. The number of hydrogen-bond donors (Lipinski definition) is 1. The van der Waals surface area contributed by atoms with Crippen molar-refractivity contribution in [2.24, 2.45) is 5.92 Å². The van der Waals surface area contributed by atoms with Gasteiger partial charge in [-0.05, 0) is 12.3 Å². The van der Waals surface area contributed by atoms with E-state index in [-0.39, 0.29) is 11.8 Å². The molecule has 1 heterocycles. The summed E-state index contributed by atoms with van der Waals surface area (Å²) in [5, 5.41) is 0. The number of hydrogen-bond acceptors (Lipinski definition) is 4. The Morgan fingerprint density at radius 2 is 1.75 bits per heavy atom. The molecule has 0 aromatic heterocycles. The van der Waals surface area contributed by atoms with E-state index in [0.717, 1.165) is 39.1 Å². The van der Waals surface area contributed by atoms with E-state index >= 15 is 0 Å². The lowest BCUT2D eigenvalue weighted by Crippen LogP contribution is -2.52. The molecule has 20 heavy (non-hydrogen) atoms. The van der Waals surface area contributed by atoms with E-state index in [1.807, 2.05) is 6.92 Å². The van der Waals surface area contributed by atoms with Crippen molar-refractivity contribution in [3.05, 3.63) is 0 Å². The zero-order valence-corrected chi connectivity index (χ0v) is 13.9. The van der Waals surface area contributed by atoms with Gasteiger partial charge < -0.3 is 4.74 Å². The third kappa shape index (κ3) is 5.68. The van der Waals surface area contributed by atoms with Crippen LogP contribution < -0.4 is 4.72 Å². The highest BCUT2D eigenvalue weighted by Crippen LogP contribution is 2.19. The second kappa shape index (κ2) is 8.97. The molecule has 1 unspecified atom stereocenters. The summed E-state index contributed by atoms with van der Waals surface area (Å²) in [7, 11) is -3.12. The monoisotopic (exact) mass is 306 g/mol. The van der Waals surface area contributed by atoms with Crippen molar-refractivity contribution in [1.29, 1.82) is 0 Å². The van der Waals surface area contributed by atoms with E-state index < -0.39 is 10.0 Å². The fourth-order valence-corrected chi connectivity index (χ4v) is 4.00. The second-order valence-corrected chi connectivity index (χ2v) is 7.39. The molecule has 0 radical (unpaired) electrons. The first kappa shape index (κ1) is 17.9. The average molecular weight is 306 g/mol. The van der Waals surface area contributed by atoms with Crippen LogP contribution in [0, 0.1) is 5.92 Å². The van der Waals surface area contributed by atoms with Crippen molar-refractivity contribution < 1.29 is 13.2 Å². The van der Waals surface area contributed by atoms with Gasteiger partial charge in [-0.15, -0.1) is 0 Å². The molecule has 0 spiro atoms. The molecule has 0 bridgehead atoms. The highest BCUT2D eigenvalue weighted by Gasteiger charge is 2.27. The van der Waals surface area contributed by atoms with Crippen molar-refractivity contribution in [3.8, 4) is 0 Å². The largest absolute Gasteiger partial charge is 0.379 e. The zero-order valence-electron chi connectivity index (χ0n) is 13.1. The molecule has 0 aromatic rings. The first-order chi connectivity index (χ1) is 9.54. The summed E-state index contributed by atoms with van der Waals surface area (Å²) in [6.07, 6.45) is 2.81. The molecular weight excluding hydrogens is 276 g/mol. The number of ether oxygens (including phenoxy) is 1. The van der Waals surface area contributed by atoms with Crippen molar-refractivity contribution in [3.63, 3.8) is 0 Å². The minimum Gasteiger partial charge on any atom is -0.379 e. The second-order valence-electron chi connectivity index (χ2n) is 5.46. The Morgan fingerprint density at radius 1 is 1.15 bits per heavy atom. The Kier molecular flexibility index (Phi) is 8.02. The summed E-state index contributed by atoms with van der Waals surface area (Å²) < 4.78 is 31.9. The average Bonchev–Trinajstić information content (AvgIpc) is 2.44. The van der Waals surface area contributed by atoms with Crippen LogP contribution in [0.5, 0.6) is 0 Å². The third-order valence-electron chi connectivity index (χ3n) is 4.09. The molecule has 5 nitrogen and oxygen atoms in total. The van der Waals surface area contributed by atoms with Crippen LogP contribution in [0.4, 0.5) is 0 Å². The van der Waals surface area contributed by atoms with Gasteiger partial charge in [-0.25, -0.2) is 13.1 Å². The van der Waals surface area contributed by atoms with Gasteiger partial charge in [0.15, 0.2) is 0 Å². The van der Waals surface area contributed by atoms with Gasteiger partial charge in [0, 0.05) is 25.7 Å². The normalized spacial score (nSPS) is 19.4. The Morgan fingerprint density at radius 3 is 2.25 bits per heavy atom. The van der Waals surface area contributed by atoms with Crippen molar-refractivity contribution >= 4 is 10.0 Å². The SMILES string of the molecule is CCCS(=O)(=O)NCC(C(CC)CC)N1CCOCC1. The number of sulfonamides is 1. The van der Waals surface area contributed by atoms with Crippen LogP contribution in [0.3, 0.4) is 0 Å². The summed E-state index contributed by atoms with van der Waals surface area (Å²) >= 11 is 0. The summed E-state index contributed by atoms with van der Waals surface area (Å²) in [5.74, 6) is 0.739. The minimum atomic E-state index is -3.12. The van der Waals surface area contributed by atoms with Crippen molar-refractivity contribution in [2.75, 3.05) is 38.6 Å². The van der Waals surface area contributed by atoms with Crippen molar-refractivity contribution in [2.45, 2.75) is 46.1 Å². The maximum atomic E-state index is 11.9. The minimum absolute atomic E-state index is 0.214. The Labute approximate surface area is 124 Å². The third-order valence-corrected chi connectivity index (χ3v) is 5.65. The Balaban J connectivity index is 2.66. The van der Waals surface area contributed by atoms with Crippen LogP contribution in [0.25, 0.3) is 0 Å². The van der Waals surface area contributed by atoms with Gasteiger partial charge in [-0.2, -0.15) is 0 Å². The molecule has 1 saturated heterocycles. The molecule has 0 saturated carbocycles. The standard InChI is InChI=1S/C14H30N2O3S/c1-4-11-20(17,18)15-12-14(13(5-2)6-3)16-7-9-19-10-8-16/h13-15H,4-12H2,1-3H3. The summed E-state index contributed by atoms with van der Waals surface area (Å²) in [6, 6.07) is 0.278. The molecular formula is C14H30N2O3S. The molecule has 1 fully saturated rings. The zero-order chi connectivity index (χ0) is 15.0. The lowest BCUT2D eigenvalue weighted by molar-refractivity contribution is 0.00297. The molecule has 1 rings (SSSR count). The number of morpholine rings is 1. The first-order valence-corrected chi connectivity index (χ1v) is 9.48. The van der Waals surface area contributed by atoms with Gasteiger partial charge in [-0.3, -0.25) is 4.90 Å². The Hall–Kier alpha value is -0.170. The molecule has 1 N–H and O–H groups in total. The highest BCUT2D eigenvalue weighted by molar-refractivity contribution is 7.89. The van der Waals surface area contributed by atoms with Gasteiger partial charge in [-0.1, -0.05) is 33.6 Å². The summed E-state index contributed by atoms with van der Waals surface area (Å²) in [6.45, 7) is 10.1. The van der Waals surface area contributed by atoms with E-state index in [9.17, 15) is 8.42 Å².